The normalized spacial score (nSPS) is 12.4. The fraction of sp³-hybridized carbons (Fsp3) is 0.538. The van der Waals surface area contributed by atoms with Crippen molar-refractivity contribution in [1.82, 2.24) is 0 Å². The van der Waals surface area contributed by atoms with Gasteiger partial charge in [0, 0.05) is 22.2 Å². The highest BCUT2D eigenvalue weighted by Gasteiger charge is 2.32. The van der Waals surface area contributed by atoms with Crippen LogP contribution >= 0.6 is 22.3 Å². The average molecular weight is 343 g/mol. The third kappa shape index (κ3) is 5.11. The van der Waals surface area contributed by atoms with Gasteiger partial charge in [-0.15, -0.1) is 0 Å². The third-order valence-corrected chi connectivity index (χ3v) is 4.99. The predicted octanol–water partition coefficient (Wildman–Crippen LogP) is 4.23. The Morgan fingerprint density at radius 1 is 1.30 bits per heavy atom. The molecule has 3 nitrogen and oxygen atoms in total. The Hall–Kier alpha value is -0.520. The van der Waals surface area contributed by atoms with E-state index in [-0.39, 0.29) is 17.4 Å². The van der Waals surface area contributed by atoms with Gasteiger partial charge >= 0.3 is 0 Å². The summed E-state index contributed by atoms with van der Waals surface area (Å²) < 4.78 is 41.2. The summed E-state index contributed by atoms with van der Waals surface area (Å²) in [5.41, 5.74) is -0.568. The number of benzene rings is 1. The molecule has 0 aromatic heterocycles. The zero-order valence-electron chi connectivity index (χ0n) is 11.3. The minimum Gasteiger partial charge on any atom is -0.493 e. The van der Waals surface area contributed by atoms with Crippen molar-refractivity contribution in [1.29, 1.82) is 0 Å². The average Bonchev–Trinajstić information content (AvgIpc) is 2.37. The lowest BCUT2D eigenvalue weighted by atomic mass is 9.85. The molecule has 0 spiro atoms. The Morgan fingerprint density at radius 3 is 2.35 bits per heavy atom. The second-order valence-electron chi connectivity index (χ2n) is 4.75. The SMILES string of the molecule is CCC(CC)(COc1ccc(F)c(Cl)c1)CS(=O)(=O)Cl. The van der Waals surface area contributed by atoms with Crippen molar-refractivity contribution >= 4 is 31.3 Å². The van der Waals surface area contributed by atoms with Gasteiger partial charge in [-0.05, 0) is 25.0 Å². The van der Waals surface area contributed by atoms with Crippen molar-refractivity contribution in [3.63, 3.8) is 0 Å². The number of rotatable bonds is 7. The summed E-state index contributed by atoms with van der Waals surface area (Å²) in [4.78, 5) is 0. The van der Waals surface area contributed by atoms with Crippen molar-refractivity contribution < 1.29 is 17.5 Å². The molecular weight excluding hydrogens is 326 g/mol. The minimum atomic E-state index is -3.62. The molecule has 0 saturated carbocycles. The quantitative estimate of drug-likeness (QED) is 0.696. The smallest absolute Gasteiger partial charge is 0.233 e. The van der Waals surface area contributed by atoms with E-state index in [2.05, 4.69) is 0 Å². The molecule has 0 bridgehead atoms. The lowest BCUT2D eigenvalue weighted by molar-refractivity contribution is 0.155. The maximum atomic E-state index is 13.0. The number of hydrogen-bond acceptors (Lipinski definition) is 3. The van der Waals surface area contributed by atoms with Crippen LogP contribution in [0.15, 0.2) is 18.2 Å². The van der Waals surface area contributed by atoms with Gasteiger partial charge in [0.25, 0.3) is 0 Å². The molecule has 114 valence electrons. The minimum absolute atomic E-state index is 0.0361. The van der Waals surface area contributed by atoms with Crippen LogP contribution < -0.4 is 4.74 Å². The lowest BCUT2D eigenvalue weighted by Gasteiger charge is -2.30. The molecule has 0 heterocycles. The van der Waals surface area contributed by atoms with Gasteiger partial charge in [-0.2, -0.15) is 0 Å². The molecule has 0 aliphatic carbocycles. The van der Waals surface area contributed by atoms with Gasteiger partial charge in [0.15, 0.2) is 0 Å². The summed E-state index contributed by atoms with van der Waals surface area (Å²) in [5.74, 6) is -0.294. The first kappa shape index (κ1) is 17.5. The zero-order chi connectivity index (χ0) is 15.4. The van der Waals surface area contributed by atoms with Crippen LogP contribution in [0.3, 0.4) is 0 Å². The number of hydrogen-bond donors (Lipinski definition) is 0. The van der Waals surface area contributed by atoms with E-state index in [4.69, 9.17) is 27.0 Å². The molecule has 0 aliphatic heterocycles. The van der Waals surface area contributed by atoms with E-state index in [1.54, 1.807) is 0 Å². The molecular formula is C13H17Cl2FO3S. The van der Waals surface area contributed by atoms with Crippen LogP contribution in [0.4, 0.5) is 4.39 Å². The van der Waals surface area contributed by atoms with Gasteiger partial charge in [-0.1, -0.05) is 25.4 Å². The molecule has 1 aromatic carbocycles. The van der Waals surface area contributed by atoms with Gasteiger partial charge in [0.05, 0.1) is 17.4 Å². The monoisotopic (exact) mass is 342 g/mol. The van der Waals surface area contributed by atoms with Crippen molar-refractivity contribution in [2.24, 2.45) is 5.41 Å². The standard InChI is InChI=1S/C13H17Cl2FO3S/c1-3-13(4-2,9-20(15,17)18)8-19-10-5-6-12(16)11(14)7-10/h5-7H,3-4,8-9H2,1-2H3. The predicted molar refractivity (Wildman–Crippen MR) is 79.6 cm³/mol. The highest BCUT2D eigenvalue weighted by Crippen LogP contribution is 2.31. The second-order valence-corrected chi connectivity index (χ2v) is 7.94. The van der Waals surface area contributed by atoms with E-state index in [1.165, 1.54) is 18.2 Å². The molecule has 0 aliphatic rings. The van der Waals surface area contributed by atoms with Gasteiger partial charge < -0.3 is 4.74 Å². The highest BCUT2D eigenvalue weighted by molar-refractivity contribution is 8.13. The van der Waals surface area contributed by atoms with Crippen LogP contribution in [0, 0.1) is 11.2 Å². The first-order valence-corrected chi connectivity index (χ1v) is 9.07. The molecule has 0 saturated heterocycles. The summed E-state index contributed by atoms with van der Waals surface area (Å²) in [7, 11) is 1.73. The third-order valence-electron chi connectivity index (χ3n) is 3.41. The Balaban J connectivity index is 2.83. The molecule has 20 heavy (non-hydrogen) atoms. The molecule has 0 fully saturated rings. The van der Waals surface area contributed by atoms with Crippen LogP contribution in [0.5, 0.6) is 5.75 Å². The molecule has 0 unspecified atom stereocenters. The summed E-state index contributed by atoms with van der Waals surface area (Å²) in [6.07, 6.45) is 1.20. The fourth-order valence-electron chi connectivity index (χ4n) is 1.87. The van der Waals surface area contributed by atoms with E-state index >= 15 is 0 Å². The van der Waals surface area contributed by atoms with Gasteiger partial charge in [0.1, 0.15) is 11.6 Å². The summed E-state index contributed by atoms with van der Waals surface area (Å²) >= 11 is 5.67. The van der Waals surface area contributed by atoms with E-state index in [1.807, 2.05) is 13.8 Å². The van der Waals surface area contributed by atoms with E-state index in [9.17, 15) is 12.8 Å². The molecule has 0 amide bonds. The van der Waals surface area contributed by atoms with E-state index in [0.717, 1.165) is 0 Å². The molecule has 1 rings (SSSR count). The van der Waals surface area contributed by atoms with Crippen molar-refractivity contribution in [2.75, 3.05) is 12.4 Å². The van der Waals surface area contributed by atoms with Crippen LogP contribution in [0.2, 0.25) is 5.02 Å². The molecule has 1 aromatic rings. The number of ether oxygens (including phenoxy) is 1. The van der Waals surface area contributed by atoms with Crippen LogP contribution in [-0.4, -0.2) is 20.8 Å². The lowest BCUT2D eigenvalue weighted by Crippen LogP contribution is -2.33. The Bertz CT molecular complexity index is 557. The summed E-state index contributed by atoms with van der Waals surface area (Å²) in [6, 6.07) is 4.02. The fourth-order valence-corrected chi connectivity index (χ4v) is 3.96. The first-order chi connectivity index (χ1) is 9.21. The van der Waals surface area contributed by atoms with Crippen molar-refractivity contribution in [3.05, 3.63) is 29.0 Å². The number of halogens is 3. The highest BCUT2D eigenvalue weighted by atomic mass is 35.7. The molecule has 0 N–H and O–H groups in total. The molecule has 0 atom stereocenters. The zero-order valence-corrected chi connectivity index (χ0v) is 13.7. The van der Waals surface area contributed by atoms with E-state index in [0.29, 0.717) is 18.6 Å². The van der Waals surface area contributed by atoms with Crippen LogP contribution in [-0.2, 0) is 9.05 Å². The van der Waals surface area contributed by atoms with Crippen molar-refractivity contribution in [2.45, 2.75) is 26.7 Å². The second kappa shape index (κ2) is 6.96. The van der Waals surface area contributed by atoms with Crippen LogP contribution in [0.25, 0.3) is 0 Å². The summed E-state index contributed by atoms with van der Waals surface area (Å²) in [6.45, 7) is 3.94. The first-order valence-electron chi connectivity index (χ1n) is 6.21. The van der Waals surface area contributed by atoms with Gasteiger partial charge in [-0.3, -0.25) is 0 Å². The summed E-state index contributed by atoms with van der Waals surface area (Å²) in [5, 5.41) is -0.0361. The maximum Gasteiger partial charge on any atom is 0.233 e. The Morgan fingerprint density at radius 2 is 1.90 bits per heavy atom. The largest absolute Gasteiger partial charge is 0.493 e. The Labute approximate surface area is 128 Å². The molecule has 7 heteroatoms. The maximum absolute atomic E-state index is 13.0. The molecule has 0 radical (unpaired) electrons. The van der Waals surface area contributed by atoms with E-state index < -0.39 is 20.3 Å². The van der Waals surface area contributed by atoms with Crippen molar-refractivity contribution in [3.8, 4) is 5.75 Å². The van der Waals surface area contributed by atoms with Gasteiger partial charge in [0.2, 0.25) is 9.05 Å². The topological polar surface area (TPSA) is 43.4 Å². The van der Waals surface area contributed by atoms with Crippen LogP contribution in [0.1, 0.15) is 26.7 Å². The van der Waals surface area contributed by atoms with Gasteiger partial charge in [-0.25, -0.2) is 12.8 Å². The Kier molecular flexibility index (Phi) is 6.10.